The lowest BCUT2D eigenvalue weighted by Crippen LogP contribution is -1.92. The van der Waals surface area contributed by atoms with Gasteiger partial charge in [0.05, 0.1) is 5.69 Å². The molecule has 0 atom stereocenters. The molecule has 0 fully saturated rings. The van der Waals surface area contributed by atoms with Crippen LogP contribution in [0.25, 0.3) is 0 Å². The van der Waals surface area contributed by atoms with Crippen molar-refractivity contribution < 1.29 is 10.2 Å². The number of nitrogens with one attached hydrogen (secondary N) is 1. The molecule has 0 spiro atoms. The maximum Gasteiger partial charge on any atom is 0.181 e. The van der Waals surface area contributed by atoms with E-state index in [1.807, 2.05) is 24.3 Å². The van der Waals surface area contributed by atoms with E-state index in [0.717, 1.165) is 5.69 Å². The maximum atomic E-state index is 9.69. The third-order valence-electron chi connectivity index (χ3n) is 2.87. The number of para-hydroxylation sites is 1. The Morgan fingerprint density at radius 1 is 0.944 bits per heavy atom. The highest BCUT2D eigenvalue weighted by Crippen LogP contribution is 2.34. The van der Waals surface area contributed by atoms with Crippen molar-refractivity contribution in [2.24, 2.45) is 0 Å². The molecule has 0 bridgehead atoms. The van der Waals surface area contributed by atoms with Crippen LogP contribution in [0.4, 0.5) is 11.4 Å². The molecule has 0 aliphatic rings. The van der Waals surface area contributed by atoms with Gasteiger partial charge in [0.1, 0.15) is 0 Å². The number of rotatable bonds is 3. The van der Waals surface area contributed by atoms with Crippen molar-refractivity contribution in [3.8, 4) is 11.5 Å². The normalized spacial score (nSPS) is 10.6. The number of hydrogen-bond donors (Lipinski definition) is 3. The smallest absolute Gasteiger partial charge is 0.181 e. The van der Waals surface area contributed by atoms with Gasteiger partial charge >= 0.3 is 0 Å². The molecule has 0 radical (unpaired) electrons. The number of phenols is 2. The fourth-order valence-electron chi connectivity index (χ4n) is 1.74. The van der Waals surface area contributed by atoms with E-state index in [1.54, 1.807) is 12.1 Å². The molecule has 0 amide bonds. The van der Waals surface area contributed by atoms with Gasteiger partial charge < -0.3 is 15.5 Å². The molecule has 0 saturated carbocycles. The SMILES string of the molecule is CC(C)c1ccc(Nc2cccc(O)c2O)cc1. The molecule has 0 aliphatic carbocycles. The van der Waals surface area contributed by atoms with E-state index in [4.69, 9.17) is 0 Å². The summed E-state index contributed by atoms with van der Waals surface area (Å²) in [7, 11) is 0. The van der Waals surface area contributed by atoms with Crippen LogP contribution in [0.15, 0.2) is 42.5 Å². The maximum absolute atomic E-state index is 9.69. The minimum atomic E-state index is -0.134. The van der Waals surface area contributed by atoms with Gasteiger partial charge in [0.15, 0.2) is 11.5 Å². The van der Waals surface area contributed by atoms with Crippen LogP contribution >= 0.6 is 0 Å². The Morgan fingerprint density at radius 2 is 1.61 bits per heavy atom. The Hall–Kier alpha value is -2.16. The number of anilines is 2. The van der Waals surface area contributed by atoms with Gasteiger partial charge in [0.2, 0.25) is 0 Å². The zero-order chi connectivity index (χ0) is 13.1. The molecule has 94 valence electrons. The van der Waals surface area contributed by atoms with E-state index >= 15 is 0 Å². The summed E-state index contributed by atoms with van der Waals surface area (Å²) < 4.78 is 0. The Bertz CT molecular complexity index is 533. The molecule has 3 N–H and O–H groups in total. The third-order valence-corrected chi connectivity index (χ3v) is 2.87. The van der Waals surface area contributed by atoms with Gasteiger partial charge in [-0.1, -0.05) is 32.0 Å². The second-order valence-electron chi connectivity index (χ2n) is 4.58. The molecule has 0 heterocycles. The monoisotopic (exact) mass is 243 g/mol. The summed E-state index contributed by atoms with van der Waals surface area (Å²) in [6.45, 7) is 4.28. The quantitative estimate of drug-likeness (QED) is 0.715. The highest BCUT2D eigenvalue weighted by atomic mass is 16.3. The van der Waals surface area contributed by atoms with E-state index in [0.29, 0.717) is 11.6 Å². The fourth-order valence-corrected chi connectivity index (χ4v) is 1.74. The first-order valence-electron chi connectivity index (χ1n) is 5.96. The lowest BCUT2D eigenvalue weighted by molar-refractivity contribution is 0.405. The first-order chi connectivity index (χ1) is 8.58. The highest BCUT2D eigenvalue weighted by molar-refractivity contribution is 5.69. The molecule has 3 heteroatoms. The average molecular weight is 243 g/mol. The number of aromatic hydroxyl groups is 2. The van der Waals surface area contributed by atoms with Crippen molar-refractivity contribution in [2.75, 3.05) is 5.32 Å². The van der Waals surface area contributed by atoms with Crippen LogP contribution in [0.1, 0.15) is 25.3 Å². The molecule has 2 rings (SSSR count). The van der Waals surface area contributed by atoms with E-state index in [-0.39, 0.29) is 11.5 Å². The number of benzene rings is 2. The lowest BCUT2D eigenvalue weighted by atomic mass is 10.0. The summed E-state index contributed by atoms with van der Waals surface area (Å²) in [5.41, 5.74) is 2.63. The van der Waals surface area contributed by atoms with Crippen LogP contribution in [0, 0.1) is 0 Å². The first kappa shape index (κ1) is 12.3. The summed E-state index contributed by atoms with van der Waals surface area (Å²) in [6.07, 6.45) is 0. The molecule has 0 aromatic heterocycles. The van der Waals surface area contributed by atoms with Crippen LogP contribution in [-0.4, -0.2) is 10.2 Å². The topological polar surface area (TPSA) is 52.5 Å². The summed E-state index contributed by atoms with van der Waals surface area (Å²) in [6, 6.07) is 12.9. The molecule has 2 aromatic carbocycles. The third kappa shape index (κ3) is 2.56. The molecule has 0 unspecified atom stereocenters. The first-order valence-corrected chi connectivity index (χ1v) is 5.96. The Kier molecular flexibility index (Phi) is 3.42. The molecule has 18 heavy (non-hydrogen) atoms. The van der Waals surface area contributed by atoms with Gasteiger partial charge in [-0.05, 0) is 35.7 Å². The Labute approximate surface area is 107 Å². The Morgan fingerprint density at radius 3 is 2.22 bits per heavy atom. The standard InChI is InChI=1S/C15H17NO2/c1-10(2)11-6-8-12(9-7-11)16-13-4-3-5-14(17)15(13)18/h3-10,16-18H,1-2H3. The van der Waals surface area contributed by atoms with Crippen molar-refractivity contribution >= 4 is 11.4 Å². The van der Waals surface area contributed by atoms with Crippen molar-refractivity contribution in [3.05, 3.63) is 48.0 Å². The predicted octanol–water partition coefficient (Wildman–Crippen LogP) is 3.96. The van der Waals surface area contributed by atoms with Gasteiger partial charge in [-0.15, -0.1) is 0 Å². The van der Waals surface area contributed by atoms with E-state index in [2.05, 4.69) is 19.2 Å². The molecular weight excluding hydrogens is 226 g/mol. The van der Waals surface area contributed by atoms with Crippen LogP contribution in [-0.2, 0) is 0 Å². The minimum absolute atomic E-state index is 0.126. The Balaban J connectivity index is 2.21. The van der Waals surface area contributed by atoms with E-state index in [1.165, 1.54) is 11.6 Å². The second-order valence-corrected chi connectivity index (χ2v) is 4.58. The molecule has 0 aliphatic heterocycles. The highest BCUT2D eigenvalue weighted by Gasteiger charge is 2.06. The summed E-state index contributed by atoms with van der Waals surface area (Å²) in [5, 5.41) is 22.2. The molecule has 0 saturated heterocycles. The fraction of sp³-hybridized carbons (Fsp3) is 0.200. The minimum Gasteiger partial charge on any atom is -0.504 e. The van der Waals surface area contributed by atoms with Crippen molar-refractivity contribution in [2.45, 2.75) is 19.8 Å². The van der Waals surface area contributed by atoms with Crippen molar-refractivity contribution in [1.29, 1.82) is 0 Å². The predicted molar refractivity (Wildman–Crippen MR) is 73.6 cm³/mol. The van der Waals surface area contributed by atoms with E-state index < -0.39 is 0 Å². The van der Waals surface area contributed by atoms with Gasteiger partial charge in [0, 0.05) is 5.69 Å². The average Bonchev–Trinajstić information content (AvgIpc) is 2.36. The number of hydrogen-bond acceptors (Lipinski definition) is 3. The van der Waals surface area contributed by atoms with Crippen LogP contribution in [0.2, 0.25) is 0 Å². The lowest BCUT2D eigenvalue weighted by Gasteiger charge is -2.11. The van der Waals surface area contributed by atoms with Crippen molar-refractivity contribution in [1.82, 2.24) is 0 Å². The summed E-state index contributed by atoms with van der Waals surface area (Å²) in [5.74, 6) is 0.234. The van der Waals surface area contributed by atoms with Gasteiger partial charge in [-0.3, -0.25) is 0 Å². The van der Waals surface area contributed by atoms with Gasteiger partial charge in [0.25, 0.3) is 0 Å². The summed E-state index contributed by atoms with van der Waals surface area (Å²) in [4.78, 5) is 0. The van der Waals surface area contributed by atoms with Crippen LogP contribution in [0.5, 0.6) is 11.5 Å². The molecule has 3 nitrogen and oxygen atoms in total. The molecular formula is C15H17NO2. The zero-order valence-electron chi connectivity index (χ0n) is 10.5. The zero-order valence-corrected chi connectivity index (χ0v) is 10.5. The number of phenolic OH excluding ortho intramolecular Hbond substituents is 2. The summed E-state index contributed by atoms with van der Waals surface area (Å²) >= 11 is 0. The molecule has 2 aromatic rings. The van der Waals surface area contributed by atoms with Crippen LogP contribution in [0.3, 0.4) is 0 Å². The van der Waals surface area contributed by atoms with Gasteiger partial charge in [-0.25, -0.2) is 0 Å². The van der Waals surface area contributed by atoms with E-state index in [9.17, 15) is 10.2 Å². The van der Waals surface area contributed by atoms with Crippen molar-refractivity contribution in [3.63, 3.8) is 0 Å². The second kappa shape index (κ2) is 5.00. The largest absolute Gasteiger partial charge is 0.504 e. The van der Waals surface area contributed by atoms with Crippen LogP contribution < -0.4 is 5.32 Å². The van der Waals surface area contributed by atoms with Gasteiger partial charge in [-0.2, -0.15) is 0 Å².